The summed E-state index contributed by atoms with van der Waals surface area (Å²) in [4.78, 5) is 32.7. The number of hydrogen-bond acceptors (Lipinski definition) is 5. The first-order valence-electron chi connectivity index (χ1n) is 7.97. The molecule has 8 nitrogen and oxygen atoms in total. The van der Waals surface area contributed by atoms with Crippen LogP contribution in [-0.2, 0) is 25.7 Å². The van der Waals surface area contributed by atoms with Gasteiger partial charge in [0.2, 0.25) is 5.91 Å². The third-order valence-corrected chi connectivity index (χ3v) is 3.81. The molecule has 1 aliphatic rings. The van der Waals surface area contributed by atoms with Crippen LogP contribution in [0, 0.1) is 0 Å². The number of hydrogen-bond donors (Lipinski definition) is 3. The largest absolute Gasteiger partial charge is 0.483 e. The molecule has 1 heterocycles. The minimum Gasteiger partial charge on any atom is -0.483 e. The van der Waals surface area contributed by atoms with E-state index in [1.807, 2.05) is 30.3 Å². The highest BCUT2D eigenvalue weighted by atomic mass is 16.5. The van der Waals surface area contributed by atoms with Crippen molar-refractivity contribution in [2.24, 2.45) is 5.73 Å². The molecule has 0 radical (unpaired) electrons. The lowest BCUT2D eigenvalue weighted by Gasteiger charge is -2.17. The van der Waals surface area contributed by atoms with Crippen molar-refractivity contribution in [1.82, 2.24) is 4.90 Å². The average Bonchev–Trinajstić information content (AvgIpc) is 3.08. The van der Waals surface area contributed by atoms with Crippen molar-refractivity contribution in [2.75, 3.05) is 13.1 Å². The highest BCUT2D eigenvalue weighted by Gasteiger charge is 2.27. The Kier molecular flexibility index (Phi) is 9.20. The van der Waals surface area contributed by atoms with Crippen molar-refractivity contribution >= 4 is 18.3 Å². The zero-order valence-electron chi connectivity index (χ0n) is 13.9. The number of likely N-dealkylation sites (tertiary alicyclic amines) is 1. The second kappa shape index (κ2) is 11.2. The molecule has 138 valence electrons. The molecule has 1 amide bonds. The summed E-state index contributed by atoms with van der Waals surface area (Å²) in [6.07, 6.45) is 1.18. The minimum absolute atomic E-state index is 0.0392. The monoisotopic (exact) mass is 352 g/mol. The number of nitrogens with two attached hydrogens (primary N) is 1. The van der Waals surface area contributed by atoms with E-state index in [9.17, 15) is 9.59 Å². The van der Waals surface area contributed by atoms with E-state index in [4.69, 9.17) is 25.5 Å². The van der Waals surface area contributed by atoms with E-state index in [0.717, 1.165) is 12.0 Å². The van der Waals surface area contributed by atoms with Gasteiger partial charge in [-0.2, -0.15) is 0 Å². The van der Waals surface area contributed by atoms with Crippen LogP contribution in [0.4, 0.5) is 0 Å². The normalized spacial score (nSPS) is 17.3. The Balaban J connectivity index is 0.000000970. The van der Waals surface area contributed by atoms with E-state index in [-0.39, 0.29) is 31.3 Å². The summed E-state index contributed by atoms with van der Waals surface area (Å²) in [6, 6.07) is 8.93. The molecule has 0 aliphatic carbocycles. The Labute approximate surface area is 146 Å². The predicted molar refractivity (Wildman–Crippen MR) is 89.8 cm³/mol. The zero-order chi connectivity index (χ0) is 18.7. The standard InChI is InChI=1S/C16H22N2O4.CH2O2/c17-14(16(20)21)6-7-15(19)18-9-8-13(10-18)22-11-12-4-2-1-3-5-12;2-1-3/h1-5,13-14H,6-11,17H2,(H,20,21);1H,(H,2,3). The fourth-order valence-electron chi connectivity index (χ4n) is 2.44. The van der Waals surface area contributed by atoms with Gasteiger partial charge < -0.3 is 25.6 Å². The van der Waals surface area contributed by atoms with Gasteiger partial charge in [0.25, 0.3) is 6.47 Å². The van der Waals surface area contributed by atoms with Crippen LogP contribution in [0.3, 0.4) is 0 Å². The average molecular weight is 352 g/mol. The topological polar surface area (TPSA) is 130 Å². The predicted octanol–water partition coefficient (Wildman–Crippen LogP) is 0.697. The van der Waals surface area contributed by atoms with Gasteiger partial charge in [-0.25, -0.2) is 0 Å². The van der Waals surface area contributed by atoms with E-state index in [1.54, 1.807) is 4.90 Å². The number of nitrogens with zero attached hydrogens (tertiary/aromatic N) is 1. The van der Waals surface area contributed by atoms with Crippen LogP contribution in [0.5, 0.6) is 0 Å². The molecule has 2 unspecified atom stereocenters. The third kappa shape index (κ3) is 7.77. The first-order chi connectivity index (χ1) is 12.0. The molecule has 1 fully saturated rings. The molecule has 1 saturated heterocycles. The number of carboxylic acid groups (broad SMARTS) is 2. The van der Waals surface area contributed by atoms with Crippen molar-refractivity contribution in [2.45, 2.75) is 38.0 Å². The van der Waals surface area contributed by atoms with Crippen LogP contribution in [0.15, 0.2) is 30.3 Å². The van der Waals surface area contributed by atoms with Crippen LogP contribution in [-0.4, -0.2) is 58.7 Å². The molecule has 0 saturated carbocycles. The molecular weight excluding hydrogens is 328 g/mol. The van der Waals surface area contributed by atoms with Crippen molar-refractivity contribution < 1.29 is 29.3 Å². The van der Waals surface area contributed by atoms with Gasteiger partial charge in [0.15, 0.2) is 0 Å². The summed E-state index contributed by atoms with van der Waals surface area (Å²) < 4.78 is 5.82. The number of carbonyl (C=O) groups is 3. The Bertz CT molecular complexity index is 551. The number of carboxylic acids is 1. The van der Waals surface area contributed by atoms with Crippen molar-refractivity contribution in [3.05, 3.63) is 35.9 Å². The van der Waals surface area contributed by atoms with E-state index in [2.05, 4.69) is 0 Å². The summed E-state index contributed by atoms with van der Waals surface area (Å²) in [5.41, 5.74) is 6.52. The maximum absolute atomic E-state index is 12.0. The highest BCUT2D eigenvalue weighted by Crippen LogP contribution is 2.16. The molecule has 2 atom stereocenters. The number of carbonyl (C=O) groups excluding carboxylic acids is 1. The van der Waals surface area contributed by atoms with Crippen molar-refractivity contribution in [1.29, 1.82) is 0 Å². The van der Waals surface area contributed by atoms with Gasteiger partial charge in [0, 0.05) is 19.5 Å². The SMILES string of the molecule is NC(CCC(=O)N1CCC(OCc2ccccc2)C1)C(=O)O.O=CO. The lowest BCUT2D eigenvalue weighted by molar-refractivity contribution is -0.139. The number of ether oxygens (including phenoxy) is 1. The first-order valence-corrected chi connectivity index (χ1v) is 7.97. The van der Waals surface area contributed by atoms with Crippen molar-refractivity contribution in [3.63, 3.8) is 0 Å². The second-order valence-electron chi connectivity index (χ2n) is 5.64. The van der Waals surface area contributed by atoms with Crippen LogP contribution in [0.25, 0.3) is 0 Å². The molecule has 0 spiro atoms. The van der Waals surface area contributed by atoms with Crippen LogP contribution >= 0.6 is 0 Å². The quantitative estimate of drug-likeness (QED) is 0.616. The summed E-state index contributed by atoms with van der Waals surface area (Å²) in [5, 5.41) is 15.6. The zero-order valence-corrected chi connectivity index (χ0v) is 13.9. The summed E-state index contributed by atoms with van der Waals surface area (Å²) in [5.74, 6) is -1.12. The van der Waals surface area contributed by atoms with Crippen LogP contribution < -0.4 is 5.73 Å². The molecule has 8 heteroatoms. The molecule has 1 aliphatic heterocycles. The van der Waals surface area contributed by atoms with Gasteiger partial charge in [-0.1, -0.05) is 30.3 Å². The minimum atomic E-state index is -1.07. The molecule has 2 rings (SSSR count). The Hall–Kier alpha value is -2.45. The van der Waals surface area contributed by atoms with Crippen LogP contribution in [0.2, 0.25) is 0 Å². The number of amides is 1. The number of rotatable bonds is 7. The fourth-order valence-corrected chi connectivity index (χ4v) is 2.44. The second-order valence-corrected chi connectivity index (χ2v) is 5.64. The molecule has 0 aromatic heterocycles. The van der Waals surface area contributed by atoms with Gasteiger partial charge in [0.1, 0.15) is 6.04 Å². The van der Waals surface area contributed by atoms with Crippen molar-refractivity contribution in [3.8, 4) is 0 Å². The van der Waals surface area contributed by atoms with Crippen LogP contribution in [0.1, 0.15) is 24.8 Å². The molecule has 1 aromatic rings. The van der Waals surface area contributed by atoms with Gasteiger partial charge >= 0.3 is 5.97 Å². The highest BCUT2D eigenvalue weighted by molar-refractivity contribution is 5.78. The summed E-state index contributed by atoms with van der Waals surface area (Å²) in [6.45, 7) is 1.51. The smallest absolute Gasteiger partial charge is 0.320 e. The van der Waals surface area contributed by atoms with Gasteiger partial charge in [-0.15, -0.1) is 0 Å². The lowest BCUT2D eigenvalue weighted by atomic mass is 10.1. The van der Waals surface area contributed by atoms with E-state index in [0.29, 0.717) is 19.7 Å². The molecule has 0 bridgehead atoms. The Morgan fingerprint density at radius 1 is 1.36 bits per heavy atom. The van der Waals surface area contributed by atoms with Gasteiger partial charge in [0.05, 0.1) is 12.7 Å². The Morgan fingerprint density at radius 3 is 2.60 bits per heavy atom. The van der Waals surface area contributed by atoms with Gasteiger partial charge in [-0.05, 0) is 18.4 Å². The third-order valence-electron chi connectivity index (χ3n) is 3.81. The lowest BCUT2D eigenvalue weighted by Crippen LogP contribution is -2.34. The summed E-state index contributed by atoms with van der Waals surface area (Å²) in [7, 11) is 0. The molecule has 1 aromatic carbocycles. The number of aliphatic carboxylic acids is 1. The fraction of sp³-hybridized carbons (Fsp3) is 0.471. The van der Waals surface area contributed by atoms with Gasteiger partial charge in [-0.3, -0.25) is 14.4 Å². The molecule has 4 N–H and O–H groups in total. The number of benzene rings is 1. The first kappa shape index (κ1) is 20.6. The maximum atomic E-state index is 12.0. The Morgan fingerprint density at radius 2 is 2.00 bits per heavy atom. The van der Waals surface area contributed by atoms with E-state index in [1.165, 1.54) is 0 Å². The maximum Gasteiger partial charge on any atom is 0.320 e. The van der Waals surface area contributed by atoms with E-state index < -0.39 is 12.0 Å². The summed E-state index contributed by atoms with van der Waals surface area (Å²) >= 11 is 0. The molecular formula is C17H24N2O6. The van der Waals surface area contributed by atoms with E-state index >= 15 is 0 Å². The molecule has 25 heavy (non-hydrogen) atoms.